The molecule has 1 heterocycles. The monoisotopic (exact) mass is 260 g/mol. The number of rotatable bonds is 5. The van der Waals surface area contributed by atoms with E-state index in [1.54, 1.807) is 11.8 Å². The summed E-state index contributed by atoms with van der Waals surface area (Å²) in [5, 5.41) is 14.3. The second kappa shape index (κ2) is 6.74. The van der Waals surface area contributed by atoms with Gasteiger partial charge in [-0.05, 0) is 24.5 Å². The van der Waals surface area contributed by atoms with Crippen molar-refractivity contribution in [2.45, 2.75) is 38.8 Å². The first-order chi connectivity index (χ1) is 7.99. The van der Waals surface area contributed by atoms with Crippen molar-refractivity contribution in [3.63, 3.8) is 0 Å². The predicted octanol–water partition coefficient (Wildman–Crippen LogP) is 1.29. The maximum atomic E-state index is 11.6. The molecule has 98 valence electrons. The summed E-state index contributed by atoms with van der Waals surface area (Å²) >= 11 is 1.80. The van der Waals surface area contributed by atoms with E-state index in [1.165, 1.54) is 0 Å². The number of carboxylic acid groups (broad SMARTS) is 1. The van der Waals surface area contributed by atoms with Crippen LogP contribution in [0.4, 0.5) is 4.79 Å². The van der Waals surface area contributed by atoms with Gasteiger partial charge in [0.1, 0.15) is 6.04 Å². The fourth-order valence-corrected chi connectivity index (χ4v) is 2.88. The highest BCUT2D eigenvalue weighted by Crippen LogP contribution is 2.16. The van der Waals surface area contributed by atoms with Crippen LogP contribution in [0, 0.1) is 5.92 Å². The van der Waals surface area contributed by atoms with E-state index in [9.17, 15) is 9.59 Å². The molecule has 1 unspecified atom stereocenters. The highest BCUT2D eigenvalue weighted by Gasteiger charge is 2.23. The zero-order valence-electron chi connectivity index (χ0n) is 10.2. The summed E-state index contributed by atoms with van der Waals surface area (Å²) in [7, 11) is 0. The zero-order chi connectivity index (χ0) is 12.8. The topological polar surface area (TPSA) is 78.4 Å². The smallest absolute Gasteiger partial charge is 0.326 e. The predicted molar refractivity (Wildman–Crippen MR) is 68.3 cm³/mol. The van der Waals surface area contributed by atoms with E-state index < -0.39 is 12.0 Å². The first-order valence-electron chi connectivity index (χ1n) is 5.86. The molecule has 1 aliphatic heterocycles. The first-order valence-corrected chi connectivity index (χ1v) is 7.02. The third-order valence-electron chi connectivity index (χ3n) is 2.58. The van der Waals surface area contributed by atoms with Crippen molar-refractivity contribution >= 4 is 23.8 Å². The van der Waals surface area contributed by atoms with Crippen LogP contribution in [-0.2, 0) is 4.79 Å². The molecule has 0 aliphatic carbocycles. The molecule has 1 saturated heterocycles. The molecule has 0 bridgehead atoms. The highest BCUT2D eigenvalue weighted by molar-refractivity contribution is 7.99. The van der Waals surface area contributed by atoms with Gasteiger partial charge in [-0.3, -0.25) is 0 Å². The Kier molecular flexibility index (Phi) is 5.61. The third-order valence-corrected chi connectivity index (χ3v) is 3.74. The third kappa shape index (κ3) is 5.30. The number of carbonyl (C=O) groups is 2. The maximum Gasteiger partial charge on any atom is 0.326 e. The normalized spacial score (nSPS) is 21.2. The summed E-state index contributed by atoms with van der Waals surface area (Å²) in [6.07, 6.45) is 1.40. The van der Waals surface area contributed by atoms with E-state index in [2.05, 4.69) is 10.6 Å². The Morgan fingerprint density at radius 1 is 1.47 bits per heavy atom. The minimum atomic E-state index is -0.977. The standard InChI is InChI=1S/C11H20N2O3S/c1-7(2)5-9(10(14)15)13-11(16)12-8-3-4-17-6-8/h7-9H,3-6H2,1-2H3,(H,14,15)(H2,12,13,16)/t8?,9-/m0/s1. The van der Waals surface area contributed by atoms with Gasteiger partial charge < -0.3 is 15.7 Å². The van der Waals surface area contributed by atoms with Crippen LogP contribution < -0.4 is 10.6 Å². The molecule has 2 atom stereocenters. The van der Waals surface area contributed by atoms with Crippen LogP contribution in [-0.4, -0.2) is 40.7 Å². The van der Waals surface area contributed by atoms with Gasteiger partial charge >= 0.3 is 12.0 Å². The molecule has 3 N–H and O–H groups in total. The Morgan fingerprint density at radius 3 is 2.65 bits per heavy atom. The van der Waals surface area contributed by atoms with Crippen LogP contribution in [0.3, 0.4) is 0 Å². The molecular weight excluding hydrogens is 240 g/mol. The fourth-order valence-electron chi connectivity index (χ4n) is 1.73. The summed E-state index contributed by atoms with van der Waals surface area (Å²) in [5.74, 6) is 1.22. The molecule has 0 aromatic rings. The molecule has 17 heavy (non-hydrogen) atoms. The van der Waals surface area contributed by atoms with Crippen molar-refractivity contribution < 1.29 is 14.7 Å². The van der Waals surface area contributed by atoms with Gasteiger partial charge in [0, 0.05) is 11.8 Å². The molecular formula is C11H20N2O3S. The molecule has 0 aromatic carbocycles. The first kappa shape index (κ1) is 14.2. The van der Waals surface area contributed by atoms with Gasteiger partial charge in [-0.25, -0.2) is 9.59 Å². The number of amides is 2. The zero-order valence-corrected chi connectivity index (χ0v) is 11.0. The lowest BCUT2D eigenvalue weighted by atomic mass is 10.0. The van der Waals surface area contributed by atoms with Crippen LogP contribution in [0.5, 0.6) is 0 Å². The molecule has 5 nitrogen and oxygen atoms in total. The SMILES string of the molecule is CC(C)C[C@H](NC(=O)NC1CCSC1)C(=O)O. The van der Waals surface area contributed by atoms with E-state index in [-0.39, 0.29) is 18.0 Å². The number of aliphatic carboxylic acids is 1. The lowest BCUT2D eigenvalue weighted by molar-refractivity contribution is -0.139. The Hall–Kier alpha value is -0.910. The van der Waals surface area contributed by atoms with Crippen molar-refractivity contribution in [3.8, 4) is 0 Å². The Balaban J connectivity index is 2.37. The number of hydrogen-bond donors (Lipinski definition) is 3. The number of carboxylic acids is 1. The molecule has 6 heteroatoms. The number of thioether (sulfide) groups is 1. The van der Waals surface area contributed by atoms with Crippen LogP contribution in [0.2, 0.25) is 0 Å². The Morgan fingerprint density at radius 2 is 2.18 bits per heavy atom. The van der Waals surface area contributed by atoms with Crippen LogP contribution in [0.25, 0.3) is 0 Å². The average molecular weight is 260 g/mol. The lowest BCUT2D eigenvalue weighted by Gasteiger charge is -2.18. The lowest BCUT2D eigenvalue weighted by Crippen LogP contribution is -2.49. The molecule has 0 spiro atoms. The molecule has 1 rings (SSSR count). The minimum absolute atomic E-state index is 0.175. The van der Waals surface area contributed by atoms with E-state index >= 15 is 0 Å². The van der Waals surface area contributed by atoms with Crippen molar-refractivity contribution in [2.24, 2.45) is 5.92 Å². The van der Waals surface area contributed by atoms with Crippen molar-refractivity contribution in [1.29, 1.82) is 0 Å². The summed E-state index contributed by atoms with van der Waals surface area (Å²) in [6, 6.07) is -0.997. The largest absolute Gasteiger partial charge is 0.480 e. The van der Waals surface area contributed by atoms with Crippen molar-refractivity contribution in [1.82, 2.24) is 10.6 Å². The van der Waals surface area contributed by atoms with Gasteiger partial charge in [-0.15, -0.1) is 0 Å². The van der Waals surface area contributed by atoms with Crippen LogP contribution >= 0.6 is 11.8 Å². The average Bonchev–Trinajstić information content (AvgIpc) is 2.68. The molecule has 1 aliphatic rings. The quantitative estimate of drug-likeness (QED) is 0.696. The van der Waals surface area contributed by atoms with Crippen molar-refractivity contribution in [2.75, 3.05) is 11.5 Å². The summed E-state index contributed by atoms with van der Waals surface area (Å²) in [6.45, 7) is 3.87. The number of urea groups is 1. The molecule has 0 saturated carbocycles. The summed E-state index contributed by atoms with van der Waals surface area (Å²) < 4.78 is 0. The minimum Gasteiger partial charge on any atom is -0.480 e. The molecule has 0 radical (unpaired) electrons. The Bertz CT molecular complexity index is 278. The molecule has 1 fully saturated rings. The summed E-state index contributed by atoms with van der Waals surface area (Å²) in [4.78, 5) is 22.6. The second-order valence-corrected chi connectivity index (χ2v) is 5.85. The van der Waals surface area contributed by atoms with Gasteiger partial charge in [-0.2, -0.15) is 11.8 Å². The van der Waals surface area contributed by atoms with Crippen LogP contribution in [0.1, 0.15) is 26.7 Å². The fraction of sp³-hybridized carbons (Fsp3) is 0.818. The van der Waals surface area contributed by atoms with Crippen molar-refractivity contribution in [3.05, 3.63) is 0 Å². The molecule has 2 amide bonds. The van der Waals surface area contributed by atoms with Gasteiger partial charge in [0.25, 0.3) is 0 Å². The summed E-state index contributed by atoms with van der Waals surface area (Å²) in [5.41, 5.74) is 0. The van der Waals surface area contributed by atoms with E-state index in [1.807, 2.05) is 13.8 Å². The van der Waals surface area contributed by atoms with E-state index in [0.717, 1.165) is 17.9 Å². The van der Waals surface area contributed by atoms with Gasteiger partial charge in [0.05, 0.1) is 0 Å². The maximum absolute atomic E-state index is 11.6. The number of carbonyl (C=O) groups excluding carboxylic acids is 1. The van der Waals surface area contributed by atoms with Gasteiger partial charge in [0.15, 0.2) is 0 Å². The highest BCUT2D eigenvalue weighted by atomic mass is 32.2. The van der Waals surface area contributed by atoms with E-state index in [4.69, 9.17) is 5.11 Å². The second-order valence-electron chi connectivity index (χ2n) is 4.70. The Labute approximate surface area is 106 Å². The number of nitrogens with one attached hydrogen (secondary N) is 2. The van der Waals surface area contributed by atoms with Gasteiger partial charge in [-0.1, -0.05) is 13.8 Å². The van der Waals surface area contributed by atoms with Crippen LogP contribution in [0.15, 0.2) is 0 Å². The number of hydrogen-bond acceptors (Lipinski definition) is 3. The molecule has 0 aromatic heterocycles. The van der Waals surface area contributed by atoms with E-state index in [0.29, 0.717) is 6.42 Å². The van der Waals surface area contributed by atoms with Gasteiger partial charge in [0.2, 0.25) is 0 Å².